The third-order valence-corrected chi connectivity index (χ3v) is 7.41. The van der Waals surface area contributed by atoms with Crippen LogP contribution in [0.15, 0.2) is 78.4 Å². The summed E-state index contributed by atoms with van der Waals surface area (Å²) in [5.41, 5.74) is 6.33. The van der Waals surface area contributed by atoms with E-state index in [0.717, 1.165) is 28.3 Å². The predicted octanol–water partition coefficient (Wildman–Crippen LogP) is 9.27. The topological polar surface area (TPSA) is 37.3 Å². The summed E-state index contributed by atoms with van der Waals surface area (Å²) in [7, 11) is 0. The van der Waals surface area contributed by atoms with Crippen molar-refractivity contribution in [3.8, 4) is 0 Å². The third kappa shape index (κ3) is 5.52. The number of allylic oxidation sites excluding steroid dienone is 3. The summed E-state index contributed by atoms with van der Waals surface area (Å²) in [6.07, 6.45) is 0.589. The molecule has 0 aromatic heterocycles. The van der Waals surface area contributed by atoms with Gasteiger partial charge in [0, 0.05) is 6.08 Å². The highest BCUT2D eigenvalue weighted by Gasteiger charge is 2.36. The first-order valence-corrected chi connectivity index (χ1v) is 12.7. The normalized spacial score (nSPS) is 18.1. The van der Waals surface area contributed by atoms with Gasteiger partial charge in [-0.3, -0.25) is 0 Å². The number of hydrogen-bond acceptors (Lipinski definition) is 1. The highest BCUT2D eigenvalue weighted by atomic mass is 19.4. The number of rotatable bonds is 6. The van der Waals surface area contributed by atoms with E-state index in [1.54, 1.807) is 31.2 Å². The summed E-state index contributed by atoms with van der Waals surface area (Å²) < 4.78 is 42.8. The van der Waals surface area contributed by atoms with E-state index in [0.29, 0.717) is 23.1 Å². The van der Waals surface area contributed by atoms with Gasteiger partial charge in [-0.25, -0.2) is 4.79 Å². The van der Waals surface area contributed by atoms with Crippen LogP contribution in [0.3, 0.4) is 0 Å². The molecule has 0 radical (unpaired) electrons. The molecule has 0 heterocycles. The second-order valence-corrected chi connectivity index (χ2v) is 9.85. The number of aryl methyl sites for hydroxylation is 1. The van der Waals surface area contributed by atoms with Gasteiger partial charge in [0.1, 0.15) is 0 Å². The molecule has 3 aromatic carbocycles. The highest BCUT2D eigenvalue weighted by Crippen LogP contribution is 2.48. The average Bonchev–Trinajstić information content (AvgIpc) is 2.88. The summed E-state index contributed by atoms with van der Waals surface area (Å²) in [5.74, 6) is -0.805. The lowest BCUT2D eigenvalue weighted by Crippen LogP contribution is -2.17. The van der Waals surface area contributed by atoms with Crippen LogP contribution in [0.25, 0.3) is 23.3 Å². The fourth-order valence-electron chi connectivity index (χ4n) is 5.30. The zero-order valence-electron chi connectivity index (χ0n) is 21.9. The molecule has 1 aliphatic carbocycles. The van der Waals surface area contributed by atoms with Gasteiger partial charge >= 0.3 is 12.1 Å². The third-order valence-electron chi connectivity index (χ3n) is 7.41. The van der Waals surface area contributed by atoms with Crippen LogP contribution >= 0.6 is 0 Å². The second-order valence-electron chi connectivity index (χ2n) is 9.85. The average molecular weight is 517 g/mol. The van der Waals surface area contributed by atoms with Gasteiger partial charge in [0.05, 0.1) is 5.56 Å². The predicted molar refractivity (Wildman–Crippen MR) is 148 cm³/mol. The maximum absolute atomic E-state index is 14.3. The Kier molecular flexibility index (Phi) is 7.77. The number of fused-ring (bicyclic) bond motifs is 1. The van der Waals surface area contributed by atoms with Crippen molar-refractivity contribution in [1.82, 2.24) is 0 Å². The van der Waals surface area contributed by atoms with Crippen molar-refractivity contribution in [2.75, 3.05) is 0 Å². The number of hydrogen-bond donors (Lipinski definition) is 1. The summed E-state index contributed by atoms with van der Waals surface area (Å²) in [4.78, 5) is 11.0. The first-order valence-electron chi connectivity index (χ1n) is 12.7. The van der Waals surface area contributed by atoms with E-state index in [9.17, 15) is 18.0 Å². The SMILES string of the molecule is CC/C(=C(\C1=Cc2ccccc2[C@@H](C)C1C)c1ccc(/C=C/C(=O)O)cc1)c1ccc(C)cc1C(F)(F)F. The van der Waals surface area contributed by atoms with Gasteiger partial charge < -0.3 is 5.11 Å². The molecule has 5 heteroatoms. The van der Waals surface area contributed by atoms with Gasteiger partial charge in [0.2, 0.25) is 0 Å². The summed E-state index contributed by atoms with van der Waals surface area (Å²) in [6, 6.07) is 20.0. The molecule has 3 aromatic rings. The van der Waals surface area contributed by atoms with E-state index < -0.39 is 17.7 Å². The molecule has 0 amide bonds. The maximum Gasteiger partial charge on any atom is 0.417 e. The number of carbonyl (C=O) groups is 1. The maximum atomic E-state index is 14.3. The minimum atomic E-state index is -4.50. The number of carboxylic acids is 1. The number of halogens is 3. The largest absolute Gasteiger partial charge is 0.478 e. The molecular formula is C33H31F3O2. The number of benzene rings is 3. The molecule has 2 atom stereocenters. The zero-order chi connectivity index (χ0) is 27.6. The van der Waals surface area contributed by atoms with Crippen molar-refractivity contribution in [3.05, 3.63) is 117 Å². The quantitative estimate of drug-likeness (QED) is 0.262. The lowest BCUT2D eigenvalue weighted by atomic mass is 9.71. The Morgan fingerprint density at radius 2 is 1.66 bits per heavy atom. The van der Waals surface area contributed by atoms with E-state index in [2.05, 4.69) is 26.0 Å². The van der Waals surface area contributed by atoms with E-state index >= 15 is 0 Å². The molecule has 0 aliphatic heterocycles. The van der Waals surface area contributed by atoms with Crippen LogP contribution in [0.1, 0.15) is 72.1 Å². The molecule has 196 valence electrons. The summed E-state index contributed by atoms with van der Waals surface area (Å²) >= 11 is 0. The van der Waals surface area contributed by atoms with Crippen LogP contribution in [0.5, 0.6) is 0 Å². The van der Waals surface area contributed by atoms with Crippen LogP contribution in [0, 0.1) is 12.8 Å². The minimum Gasteiger partial charge on any atom is -0.478 e. The van der Waals surface area contributed by atoms with Crippen molar-refractivity contribution in [1.29, 1.82) is 0 Å². The van der Waals surface area contributed by atoms with Crippen molar-refractivity contribution in [2.24, 2.45) is 5.92 Å². The molecular weight excluding hydrogens is 485 g/mol. The molecule has 0 bridgehead atoms. The minimum absolute atomic E-state index is 0.0628. The lowest BCUT2D eigenvalue weighted by molar-refractivity contribution is -0.137. The molecule has 2 nitrogen and oxygen atoms in total. The monoisotopic (exact) mass is 516 g/mol. The second kappa shape index (κ2) is 10.9. The summed E-state index contributed by atoms with van der Waals surface area (Å²) in [5, 5.41) is 8.97. The Morgan fingerprint density at radius 1 is 0.974 bits per heavy atom. The van der Waals surface area contributed by atoms with Gasteiger partial charge in [-0.05, 0) is 81.9 Å². The van der Waals surface area contributed by atoms with Crippen molar-refractivity contribution >= 4 is 29.3 Å². The fraction of sp³-hybridized carbons (Fsp3) is 0.242. The molecule has 0 saturated heterocycles. The summed E-state index contributed by atoms with van der Waals surface area (Å²) in [6.45, 7) is 7.85. The number of aliphatic carboxylic acids is 1. The molecule has 0 spiro atoms. The lowest BCUT2D eigenvalue weighted by Gasteiger charge is -2.33. The van der Waals surface area contributed by atoms with Crippen LogP contribution in [-0.2, 0) is 11.0 Å². The van der Waals surface area contributed by atoms with Gasteiger partial charge in [-0.1, -0.05) is 93.1 Å². The van der Waals surface area contributed by atoms with Crippen molar-refractivity contribution < 1.29 is 23.1 Å². The molecule has 4 rings (SSSR count). The number of carboxylic acid groups (broad SMARTS) is 1. The van der Waals surface area contributed by atoms with Crippen molar-refractivity contribution in [2.45, 2.75) is 46.2 Å². The molecule has 1 N–H and O–H groups in total. The highest BCUT2D eigenvalue weighted by molar-refractivity contribution is 6.02. The van der Waals surface area contributed by atoms with E-state index in [1.807, 2.05) is 37.3 Å². The molecule has 0 fully saturated rings. The van der Waals surface area contributed by atoms with Crippen molar-refractivity contribution in [3.63, 3.8) is 0 Å². The first kappa shape index (κ1) is 27.2. The molecule has 1 unspecified atom stereocenters. The Labute approximate surface area is 221 Å². The molecule has 38 heavy (non-hydrogen) atoms. The Hall–Kier alpha value is -3.86. The van der Waals surface area contributed by atoms with Crippen LogP contribution < -0.4 is 0 Å². The van der Waals surface area contributed by atoms with Crippen LogP contribution in [0.4, 0.5) is 13.2 Å². The fourth-order valence-corrected chi connectivity index (χ4v) is 5.30. The Morgan fingerprint density at radius 3 is 2.29 bits per heavy atom. The van der Waals surface area contributed by atoms with Gasteiger partial charge in [0.15, 0.2) is 0 Å². The standard InChI is InChI=1S/C33H31F3O2/c1-5-26(28-16-10-20(2)18-30(28)33(34,35)36)32(24-14-11-23(12-15-24)13-17-31(37)38)29-19-25-8-6-7-9-27(25)21(3)22(29)4/h6-19,21-22H,5H2,1-4H3,(H,37,38)/b17-13+,32-26+/t21-,22?/m0/s1. The first-order chi connectivity index (χ1) is 18.0. The van der Waals surface area contributed by atoms with Gasteiger partial charge in [0.25, 0.3) is 0 Å². The van der Waals surface area contributed by atoms with Gasteiger partial charge in [-0.2, -0.15) is 13.2 Å². The van der Waals surface area contributed by atoms with E-state index in [1.165, 1.54) is 17.7 Å². The Balaban J connectivity index is 2.03. The van der Waals surface area contributed by atoms with Crippen LogP contribution in [0.2, 0.25) is 0 Å². The van der Waals surface area contributed by atoms with E-state index in [4.69, 9.17) is 5.11 Å². The van der Waals surface area contributed by atoms with E-state index in [-0.39, 0.29) is 17.4 Å². The smallest absolute Gasteiger partial charge is 0.417 e. The zero-order valence-corrected chi connectivity index (χ0v) is 21.9. The number of alkyl halides is 3. The van der Waals surface area contributed by atoms with Crippen LogP contribution in [-0.4, -0.2) is 11.1 Å². The van der Waals surface area contributed by atoms with Gasteiger partial charge in [-0.15, -0.1) is 0 Å². The Bertz CT molecular complexity index is 1440. The molecule has 1 aliphatic rings. The molecule has 0 saturated carbocycles.